The van der Waals surface area contributed by atoms with Gasteiger partial charge < -0.3 is 26.4 Å². The van der Waals surface area contributed by atoms with Crippen LogP contribution in [0.15, 0.2) is 53.1 Å². The third kappa shape index (κ3) is 8.22. The van der Waals surface area contributed by atoms with Gasteiger partial charge in [0.1, 0.15) is 24.1 Å². The van der Waals surface area contributed by atoms with Crippen LogP contribution >= 0.6 is 11.3 Å². The SMILES string of the molecule is CC(COc1ccc(-c2ccc(NCCN)[n+](C)c2)cc1)O/N=C(\C(=O)N[C@@H]1C(=O)N(OS(=O)(=O)O)C1(C)C)c1csc(N)n1. The molecule has 16 nitrogen and oxygen atoms in total. The molecular weight excluding hydrogens is 628 g/mol. The minimum absolute atomic E-state index is 0.0868. The number of nitrogen functional groups attached to an aromatic ring is 1. The van der Waals surface area contributed by atoms with E-state index in [1.807, 2.05) is 54.2 Å². The number of hydrogen-bond acceptors (Lipinski definition) is 13. The first-order valence-electron chi connectivity index (χ1n) is 13.6. The van der Waals surface area contributed by atoms with Crippen molar-refractivity contribution >= 4 is 50.2 Å². The molecule has 0 radical (unpaired) electrons. The molecule has 1 fully saturated rings. The van der Waals surface area contributed by atoms with Gasteiger partial charge in [-0.1, -0.05) is 17.3 Å². The fourth-order valence-electron chi connectivity index (χ4n) is 4.31. The fourth-order valence-corrected chi connectivity index (χ4v) is 5.31. The van der Waals surface area contributed by atoms with E-state index in [4.69, 9.17) is 25.6 Å². The Bertz CT molecular complexity index is 1680. The summed E-state index contributed by atoms with van der Waals surface area (Å²) in [6.45, 7) is 5.86. The van der Waals surface area contributed by atoms with Crippen LogP contribution in [0.4, 0.5) is 10.9 Å². The first-order valence-corrected chi connectivity index (χ1v) is 15.9. The molecule has 242 valence electrons. The number of carbonyl (C=O) groups is 2. The van der Waals surface area contributed by atoms with Gasteiger partial charge in [-0.15, -0.1) is 15.6 Å². The lowest BCUT2D eigenvalue weighted by Crippen LogP contribution is -2.76. The van der Waals surface area contributed by atoms with Gasteiger partial charge in [-0.25, -0.2) is 9.55 Å². The lowest BCUT2D eigenvalue weighted by Gasteiger charge is -2.50. The van der Waals surface area contributed by atoms with Crippen molar-refractivity contribution in [3.8, 4) is 16.9 Å². The molecule has 45 heavy (non-hydrogen) atoms. The highest BCUT2D eigenvalue weighted by molar-refractivity contribution is 7.80. The van der Waals surface area contributed by atoms with E-state index >= 15 is 0 Å². The lowest BCUT2D eigenvalue weighted by molar-refractivity contribution is -0.656. The van der Waals surface area contributed by atoms with Crippen LogP contribution in [0.1, 0.15) is 26.5 Å². The average molecular weight is 664 g/mol. The predicted molar refractivity (Wildman–Crippen MR) is 165 cm³/mol. The summed E-state index contributed by atoms with van der Waals surface area (Å²) < 4.78 is 43.3. The van der Waals surface area contributed by atoms with Crippen LogP contribution in [0.25, 0.3) is 11.1 Å². The number of nitrogens with one attached hydrogen (secondary N) is 2. The Hall–Kier alpha value is -4.36. The number of ether oxygens (including phenoxy) is 1. The molecule has 4 rings (SSSR count). The molecular formula is C27H35N8O8S2+. The molecule has 0 bridgehead atoms. The van der Waals surface area contributed by atoms with Crippen LogP contribution in [0.5, 0.6) is 5.75 Å². The van der Waals surface area contributed by atoms with Crippen molar-refractivity contribution in [3.05, 3.63) is 53.7 Å². The van der Waals surface area contributed by atoms with E-state index in [2.05, 4.69) is 25.1 Å². The van der Waals surface area contributed by atoms with Crippen molar-refractivity contribution in [3.63, 3.8) is 0 Å². The molecule has 1 unspecified atom stereocenters. The number of hydrogen-bond donors (Lipinski definition) is 5. The van der Waals surface area contributed by atoms with E-state index in [1.54, 1.807) is 6.92 Å². The summed E-state index contributed by atoms with van der Waals surface area (Å²) in [7, 11) is -3.00. The number of pyridine rings is 1. The third-order valence-corrected chi connectivity index (χ3v) is 7.69. The molecule has 0 aliphatic carbocycles. The lowest BCUT2D eigenvalue weighted by atomic mass is 9.84. The zero-order valence-electron chi connectivity index (χ0n) is 25.0. The number of nitrogens with two attached hydrogens (primary N) is 2. The molecule has 1 aliphatic heterocycles. The van der Waals surface area contributed by atoms with Crippen LogP contribution in [0.3, 0.4) is 0 Å². The van der Waals surface area contributed by atoms with Crippen LogP contribution in [-0.2, 0) is 36.2 Å². The zero-order chi connectivity index (χ0) is 32.9. The maximum absolute atomic E-state index is 13.2. The Kier molecular flexibility index (Phi) is 10.2. The molecule has 7 N–H and O–H groups in total. The molecule has 2 amide bonds. The topological polar surface area (TPSA) is 225 Å². The molecule has 18 heteroatoms. The van der Waals surface area contributed by atoms with Gasteiger partial charge in [0.2, 0.25) is 0 Å². The summed E-state index contributed by atoms with van der Waals surface area (Å²) in [4.78, 5) is 35.3. The number of amides is 2. The maximum Gasteiger partial charge on any atom is 0.418 e. The number of rotatable bonds is 14. The Morgan fingerprint density at radius 2 is 1.93 bits per heavy atom. The van der Waals surface area contributed by atoms with Gasteiger partial charge in [-0.3, -0.25) is 19.5 Å². The van der Waals surface area contributed by atoms with E-state index in [-0.39, 0.29) is 23.1 Å². The van der Waals surface area contributed by atoms with Crippen molar-refractivity contribution < 1.29 is 41.0 Å². The van der Waals surface area contributed by atoms with Gasteiger partial charge in [0.05, 0.1) is 25.3 Å². The number of thiazole rings is 1. The predicted octanol–water partition coefficient (Wildman–Crippen LogP) is 0.616. The maximum atomic E-state index is 13.2. The molecule has 2 atom stereocenters. The van der Waals surface area contributed by atoms with Gasteiger partial charge in [-0.05, 0) is 44.5 Å². The van der Waals surface area contributed by atoms with Crippen LogP contribution in [-0.4, -0.2) is 77.9 Å². The molecule has 1 aliphatic rings. The monoisotopic (exact) mass is 663 g/mol. The molecule has 3 heterocycles. The van der Waals surface area contributed by atoms with E-state index in [0.717, 1.165) is 28.3 Å². The number of benzene rings is 1. The summed E-state index contributed by atoms with van der Waals surface area (Å²) in [6, 6.07) is 10.3. The second-order valence-corrected chi connectivity index (χ2v) is 12.5. The van der Waals surface area contributed by atoms with Gasteiger partial charge in [0, 0.05) is 23.6 Å². The van der Waals surface area contributed by atoms with Gasteiger partial charge in [-0.2, -0.15) is 13.5 Å². The van der Waals surface area contributed by atoms with Gasteiger partial charge in [0.15, 0.2) is 16.9 Å². The van der Waals surface area contributed by atoms with E-state index in [9.17, 15) is 18.0 Å². The summed E-state index contributed by atoms with van der Waals surface area (Å²) in [5.74, 6) is -0.186. The van der Waals surface area contributed by atoms with E-state index < -0.39 is 39.9 Å². The second kappa shape index (κ2) is 13.7. The Morgan fingerprint density at radius 3 is 2.51 bits per heavy atom. The number of anilines is 2. The van der Waals surface area contributed by atoms with Crippen molar-refractivity contribution in [2.24, 2.45) is 17.9 Å². The van der Waals surface area contributed by atoms with Crippen molar-refractivity contribution in [1.82, 2.24) is 15.4 Å². The van der Waals surface area contributed by atoms with Gasteiger partial charge in [0.25, 0.3) is 17.6 Å². The Morgan fingerprint density at radius 1 is 1.24 bits per heavy atom. The standard InChI is InChI=1S/C27H34N8O8S2/c1-16(14-41-19-8-5-17(6-9-19)18-7-10-21(30-12-11-28)34(4)13-18)42-33-22(20-15-44-26(29)31-20)24(36)32-23-25(37)35(27(23,2)3)43-45(38,39)40/h5-10,13,15-16,23H,11-12,14,28H2,1-4H3,(H4,29,31,32,36,38,39,40)/p+1/b33-22-/t16?,23-/m1/s1. The normalized spacial score (nSPS) is 16.9. The second-order valence-electron chi connectivity index (χ2n) is 10.6. The fraction of sp³-hybridized carbons (Fsp3) is 0.370. The average Bonchev–Trinajstić information content (AvgIpc) is 3.42. The molecule has 1 aromatic carbocycles. The minimum atomic E-state index is -4.95. The van der Waals surface area contributed by atoms with Crippen LogP contribution < -0.4 is 31.4 Å². The molecule has 1 saturated heterocycles. The summed E-state index contributed by atoms with van der Waals surface area (Å²) in [5, 5.41) is 11.8. The summed E-state index contributed by atoms with van der Waals surface area (Å²) in [5.41, 5.74) is 11.8. The first-order chi connectivity index (χ1) is 21.2. The summed E-state index contributed by atoms with van der Waals surface area (Å²) >= 11 is 1.07. The smallest absolute Gasteiger partial charge is 0.418 e. The number of β-lactam (4-membered cyclic amide) rings is 1. The molecule has 3 aromatic rings. The summed E-state index contributed by atoms with van der Waals surface area (Å²) in [6.07, 6.45) is 1.40. The number of hydroxylamine groups is 2. The number of carbonyl (C=O) groups excluding carboxylic acids is 2. The highest BCUT2D eigenvalue weighted by Gasteiger charge is 2.58. The van der Waals surface area contributed by atoms with Crippen molar-refractivity contribution in [2.75, 3.05) is 30.7 Å². The van der Waals surface area contributed by atoms with Crippen molar-refractivity contribution in [2.45, 2.75) is 38.5 Å². The highest BCUT2D eigenvalue weighted by atomic mass is 32.3. The van der Waals surface area contributed by atoms with Gasteiger partial charge >= 0.3 is 10.4 Å². The number of aromatic nitrogens is 2. The Balaban J connectivity index is 1.38. The number of nitrogens with zero attached hydrogens (tertiary/aromatic N) is 4. The van der Waals surface area contributed by atoms with Crippen LogP contribution in [0, 0.1) is 0 Å². The highest BCUT2D eigenvalue weighted by Crippen LogP contribution is 2.33. The minimum Gasteiger partial charge on any atom is -0.490 e. The van der Waals surface area contributed by atoms with Crippen LogP contribution in [0.2, 0.25) is 0 Å². The number of aryl methyl sites for hydroxylation is 1. The zero-order valence-corrected chi connectivity index (χ0v) is 26.6. The van der Waals surface area contributed by atoms with Crippen molar-refractivity contribution in [1.29, 1.82) is 0 Å². The first kappa shape index (κ1) is 33.5. The quantitative estimate of drug-likeness (QED) is 0.0526. The molecule has 0 saturated carbocycles. The third-order valence-electron chi connectivity index (χ3n) is 6.68. The molecule has 0 spiro atoms. The molecule has 2 aromatic heterocycles. The van der Waals surface area contributed by atoms with E-state index in [1.165, 1.54) is 19.2 Å². The number of oxime groups is 1. The largest absolute Gasteiger partial charge is 0.490 e. The Labute approximate surface area is 263 Å². The van der Waals surface area contributed by atoms with E-state index in [0.29, 0.717) is 23.9 Å².